The maximum absolute atomic E-state index is 10.7. The molecule has 1 aromatic carbocycles. The molecule has 0 aliphatic carbocycles. The summed E-state index contributed by atoms with van der Waals surface area (Å²) in [5.74, 6) is 0.464. The SMILES string of the molecule is CNCCOCc1cc(OC)cc([N+](=O)[O-])c1. The van der Waals surface area contributed by atoms with Gasteiger partial charge in [-0.25, -0.2) is 0 Å². The average Bonchev–Trinajstić information content (AvgIpc) is 2.34. The average molecular weight is 240 g/mol. The highest BCUT2D eigenvalue weighted by Gasteiger charge is 2.10. The zero-order valence-electron chi connectivity index (χ0n) is 9.93. The molecule has 6 heteroatoms. The standard InChI is InChI=1S/C11H16N2O4/c1-12-3-4-17-8-9-5-10(13(14)15)7-11(6-9)16-2/h5-7,12H,3-4,8H2,1-2H3. The first-order chi connectivity index (χ1) is 8.17. The first-order valence-corrected chi connectivity index (χ1v) is 5.22. The molecule has 0 atom stereocenters. The molecule has 6 nitrogen and oxygen atoms in total. The second kappa shape index (κ2) is 6.82. The van der Waals surface area contributed by atoms with Gasteiger partial charge in [0.05, 0.1) is 31.3 Å². The van der Waals surface area contributed by atoms with Crippen molar-refractivity contribution in [2.45, 2.75) is 6.61 Å². The number of rotatable bonds is 7. The van der Waals surface area contributed by atoms with E-state index in [-0.39, 0.29) is 5.69 Å². The van der Waals surface area contributed by atoms with Crippen LogP contribution < -0.4 is 10.1 Å². The number of nitrogens with zero attached hydrogens (tertiary/aromatic N) is 1. The molecule has 0 amide bonds. The summed E-state index contributed by atoms with van der Waals surface area (Å²) in [6.45, 7) is 1.63. The van der Waals surface area contributed by atoms with Crippen LogP contribution in [0.3, 0.4) is 0 Å². The van der Waals surface area contributed by atoms with E-state index in [0.717, 1.165) is 12.1 Å². The Kier molecular flexibility index (Phi) is 5.38. The number of methoxy groups -OCH3 is 1. The van der Waals surface area contributed by atoms with Crippen molar-refractivity contribution in [2.75, 3.05) is 27.3 Å². The number of likely N-dealkylation sites (N-methyl/N-ethyl adjacent to an activating group) is 1. The number of nitro benzene ring substituents is 1. The summed E-state index contributed by atoms with van der Waals surface area (Å²) in [6.07, 6.45) is 0. The van der Waals surface area contributed by atoms with Gasteiger partial charge in [0, 0.05) is 12.6 Å². The van der Waals surface area contributed by atoms with Crippen LogP contribution >= 0.6 is 0 Å². The van der Waals surface area contributed by atoms with E-state index in [2.05, 4.69) is 5.32 Å². The second-order valence-electron chi connectivity index (χ2n) is 3.45. The van der Waals surface area contributed by atoms with E-state index in [1.807, 2.05) is 7.05 Å². The molecular weight excluding hydrogens is 224 g/mol. The fraction of sp³-hybridized carbons (Fsp3) is 0.455. The van der Waals surface area contributed by atoms with Crippen LogP contribution in [0.1, 0.15) is 5.56 Å². The maximum Gasteiger partial charge on any atom is 0.273 e. The highest BCUT2D eigenvalue weighted by atomic mass is 16.6. The molecular formula is C11H16N2O4. The summed E-state index contributed by atoms with van der Waals surface area (Å²) in [5, 5.41) is 13.6. The van der Waals surface area contributed by atoms with Crippen LogP contribution in [0.2, 0.25) is 0 Å². The number of ether oxygens (including phenoxy) is 2. The molecule has 0 radical (unpaired) electrons. The van der Waals surface area contributed by atoms with E-state index >= 15 is 0 Å². The second-order valence-corrected chi connectivity index (χ2v) is 3.45. The fourth-order valence-corrected chi connectivity index (χ4v) is 1.31. The van der Waals surface area contributed by atoms with Crippen LogP contribution in [0.5, 0.6) is 5.75 Å². The Bertz CT molecular complexity index is 382. The van der Waals surface area contributed by atoms with Crippen molar-refractivity contribution in [1.82, 2.24) is 5.32 Å². The zero-order chi connectivity index (χ0) is 12.7. The van der Waals surface area contributed by atoms with Crippen molar-refractivity contribution in [2.24, 2.45) is 0 Å². The van der Waals surface area contributed by atoms with Crippen LogP contribution in [0, 0.1) is 10.1 Å². The molecule has 0 aliphatic heterocycles. The number of nitro groups is 1. The lowest BCUT2D eigenvalue weighted by Gasteiger charge is -2.06. The first-order valence-electron chi connectivity index (χ1n) is 5.22. The molecule has 0 spiro atoms. The predicted octanol–water partition coefficient (Wildman–Crippen LogP) is 1.34. The number of benzene rings is 1. The van der Waals surface area contributed by atoms with Crippen LogP contribution in [0.4, 0.5) is 5.69 Å². The Balaban J connectivity index is 2.70. The van der Waals surface area contributed by atoms with E-state index < -0.39 is 4.92 Å². The maximum atomic E-state index is 10.7. The summed E-state index contributed by atoms with van der Waals surface area (Å²) in [6, 6.07) is 4.60. The minimum Gasteiger partial charge on any atom is -0.496 e. The van der Waals surface area contributed by atoms with E-state index in [9.17, 15) is 10.1 Å². The molecule has 0 bridgehead atoms. The van der Waals surface area contributed by atoms with Gasteiger partial charge in [-0.3, -0.25) is 10.1 Å². The van der Waals surface area contributed by atoms with Gasteiger partial charge in [-0.15, -0.1) is 0 Å². The largest absolute Gasteiger partial charge is 0.496 e. The zero-order valence-corrected chi connectivity index (χ0v) is 9.93. The predicted molar refractivity (Wildman–Crippen MR) is 63.2 cm³/mol. The summed E-state index contributed by atoms with van der Waals surface area (Å²) >= 11 is 0. The molecule has 0 unspecified atom stereocenters. The Hall–Kier alpha value is -1.66. The third kappa shape index (κ3) is 4.38. The molecule has 0 heterocycles. The molecule has 17 heavy (non-hydrogen) atoms. The summed E-state index contributed by atoms with van der Waals surface area (Å²) in [7, 11) is 3.31. The Labute approximate surface area is 99.7 Å². The van der Waals surface area contributed by atoms with Crippen LogP contribution in [0.15, 0.2) is 18.2 Å². The lowest BCUT2D eigenvalue weighted by atomic mass is 10.2. The van der Waals surface area contributed by atoms with Gasteiger partial charge in [0.15, 0.2) is 0 Å². The quantitative estimate of drug-likeness (QED) is 0.442. The van der Waals surface area contributed by atoms with Gasteiger partial charge in [-0.1, -0.05) is 0 Å². The van der Waals surface area contributed by atoms with E-state index in [1.165, 1.54) is 19.2 Å². The van der Waals surface area contributed by atoms with Crippen molar-refractivity contribution >= 4 is 5.69 Å². The van der Waals surface area contributed by atoms with Crippen molar-refractivity contribution in [3.63, 3.8) is 0 Å². The summed E-state index contributed by atoms with van der Waals surface area (Å²) in [5.41, 5.74) is 0.740. The van der Waals surface area contributed by atoms with E-state index in [1.54, 1.807) is 6.07 Å². The molecule has 0 aromatic heterocycles. The third-order valence-corrected chi connectivity index (χ3v) is 2.16. The molecule has 1 aromatic rings. The topological polar surface area (TPSA) is 73.6 Å². The highest BCUT2D eigenvalue weighted by molar-refractivity contribution is 5.42. The fourth-order valence-electron chi connectivity index (χ4n) is 1.31. The van der Waals surface area contributed by atoms with Gasteiger partial charge in [0.1, 0.15) is 5.75 Å². The van der Waals surface area contributed by atoms with Crippen LogP contribution in [0.25, 0.3) is 0 Å². The Morgan fingerprint density at radius 2 is 2.18 bits per heavy atom. The van der Waals surface area contributed by atoms with Gasteiger partial charge in [-0.2, -0.15) is 0 Å². The highest BCUT2D eigenvalue weighted by Crippen LogP contribution is 2.22. The number of hydrogen-bond donors (Lipinski definition) is 1. The van der Waals surface area contributed by atoms with Crippen molar-refractivity contribution in [3.8, 4) is 5.75 Å². The molecule has 0 aliphatic rings. The minimum atomic E-state index is -0.445. The molecule has 1 N–H and O–H groups in total. The van der Waals surface area contributed by atoms with Gasteiger partial charge in [0.2, 0.25) is 0 Å². The van der Waals surface area contributed by atoms with Gasteiger partial charge in [-0.05, 0) is 18.7 Å². The molecule has 0 saturated carbocycles. The smallest absolute Gasteiger partial charge is 0.273 e. The summed E-state index contributed by atoms with van der Waals surface area (Å²) < 4.78 is 10.4. The number of nitrogens with one attached hydrogen (secondary N) is 1. The summed E-state index contributed by atoms with van der Waals surface area (Å²) in [4.78, 5) is 10.3. The Morgan fingerprint density at radius 1 is 1.41 bits per heavy atom. The van der Waals surface area contributed by atoms with Crippen molar-refractivity contribution in [1.29, 1.82) is 0 Å². The minimum absolute atomic E-state index is 0.0107. The Morgan fingerprint density at radius 3 is 2.76 bits per heavy atom. The van der Waals surface area contributed by atoms with Gasteiger partial charge < -0.3 is 14.8 Å². The number of hydrogen-bond acceptors (Lipinski definition) is 5. The van der Waals surface area contributed by atoms with E-state index in [0.29, 0.717) is 19.0 Å². The molecule has 94 valence electrons. The van der Waals surface area contributed by atoms with Crippen molar-refractivity contribution < 1.29 is 14.4 Å². The normalized spacial score (nSPS) is 10.2. The van der Waals surface area contributed by atoms with Gasteiger partial charge in [0.25, 0.3) is 5.69 Å². The van der Waals surface area contributed by atoms with Crippen molar-refractivity contribution in [3.05, 3.63) is 33.9 Å². The van der Waals surface area contributed by atoms with Crippen LogP contribution in [-0.2, 0) is 11.3 Å². The first kappa shape index (κ1) is 13.4. The molecule has 1 rings (SSSR count). The van der Waals surface area contributed by atoms with E-state index in [4.69, 9.17) is 9.47 Å². The molecule has 0 saturated heterocycles. The van der Waals surface area contributed by atoms with Crippen LogP contribution in [-0.4, -0.2) is 32.2 Å². The van der Waals surface area contributed by atoms with Gasteiger partial charge >= 0.3 is 0 Å². The lowest BCUT2D eigenvalue weighted by Crippen LogP contribution is -2.14. The third-order valence-electron chi connectivity index (χ3n) is 2.16. The molecule has 0 fully saturated rings. The lowest BCUT2D eigenvalue weighted by molar-refractivity contribution is -0.385. The monoisotopic (exact) mass is 240 g/mol. The number of non-ortho nitro benzene ring substituents is 1.